The second kappa shape index (κ2) is 8.01. The normalized spacial score (nSPS) is 10.5. The van der Waals surface area contributed by atoms with Crippen molar-refractivity contribution in [3.8, 4) is 5.75 Å². The molecule has 0 bridgehead atoms. The van der Waals surface area contributed by atoms with E-state index in [0.717, 1.165) is 28.1 Å². The molecule has 26 heavy (non-hydrogen) atoms. The van der Waals surface area contributed by atoms with Crippen LogP contribution in [0.15, 0.2) is 42.6 Å². The van der Waals surface area contributed by atoms with E-state index in [1.54, 1.807) is 13.3 Å². The van der Waals surface area contributed by atoms with Gasteiger partial charge in [0.2, 0.25) is 5.95 Å². The molecule has 0 unspecified atom stereocenters. The zero-order valence-corrected chi connectivity index (χ0v) is 15.6. The van der Waals surface area contributed by atoms with Gasteiger partial charge in [0.1, 0.15) is 5.75 Å². The van der Waals surface area contributed by atoms with Crippen molar-refractivity contribution in [2.24, 2.45) is 0 Å². The lowest BCUT2D eigenvalue weighted by Crippen LogP contribution is -2.07. The molecule has 0 saturated carbocycles. The fourth-order valence-electron chi connectivity index (χ4n) is 2.57. The van der Waals surface area contributed by atoms with Crippen molar-refractivity contribution >= 4 is 29.1 Å². The van der Waals surface area contributed by atoms with Gasteiger partial charge in [-0.1, -0.05) is 29.8 Å². The summed E-state index contributed by atoms with van der Waals surface area (Å²) in [5.41, 5.74) is 4.06. The molecule has 0 saturated heterocycles. The molecule has 0 aliphatic rings. The van der Waals surface area contributed by atoms with Crippen LogP contribution in [0, 0.1) is 13.8 Å². The number of rotatable bonds is 6. The summed E-state index contributed by atoms with van der Waals surface area (Å²) >= 11 is 6.34. The van der Waals surface area contributed by atoms with E-state index in [-0.39, 0.29) is 0 Å². The molecule has 7 heteroatoms. The molecule has 0 aliphatic carbocycles. The second-order valence-corrected chi connectivity index (χ2v) is 6.34. The third-order valence-electron chi connectivity index (χ3n) is 3.85. The van der Waals surface area contributed by atoms with Crippen LogP contribution in [-0.2, 0) is 6.54 Å². The van der Waals surface area contributed by atoms with Crippen LogP contribution >= 0.6 is 11.6 Å². The maximum Gasteiger partial charge on any atom is 0.244 e. The van der Waals surface area contributed by atoms with Gasteiger partial charge in [-0.2, -0.15) is 10.1 Å². The Balaban J connectivity index is 1.70. The van der Waals surface area contributed by atoms with Crippen molar-refractivity contribution in [2.75, 3.05) is 17.7 Å². The summed E-state index contributed by atoms with van der Waals surface area (Å²) in [6.07, 6.45) is 1.56. The van der Waals surface area contributed by atoms with Gasteiger partial charge in [0.05, 0.1) is 24.0 Å². The van der Waals surface area contributed by atoms with Crippen molar-refractivity contribution in [3.05, 3.63) is 64.3 Å². The number of hydrogen-bond acceptors (Lipinski definition) is 6. The van der Waals surface area contributed by atoms with Crippen molar-refractivity contribution in [3.63, 3.8) is 0 Å². The van der Waals surface area contributed by atoms with E-state index in [1.807, 2.05) is 44.2 Å². The van der Waals surface area contributed by atoms with Gasteiger partial charge in [0.15, 0.2) is 5.82 Å². The first-order chi connectivity index (χ1) is 12.5. The molecule has 0 atom stereocenters. The summed E-state index contributed by atoms with van der Waals surface area (Å²) in [7, 11) is 1.65. The number of ether oxygens (including phenoxy) is 1. The van der Waals surface area contributed by atoms with Crippen molar-refractivity contribution in [2.45, 2.75) is 20.4 Å². The van der Waals surface area contributed by atoms with Crippen LogP contribution in [-0.4, -0.2) is 22.3 Å². The van der Waals surface area contributed by atoms with Crippen LogP contribution in [0.5, 0.6) is 5.75 Å². The SMILES string of the molecule is COc1ccc(CNc2nncc(Nc3c(C)cc(C)cc3Cl)n2)cc1. The van der Waals surface area contributed by atoms with Gasteiger partial charge in [0, 0.05) is 6.54 Å². The maximum absolute atomic E-state index is 6.34. The third-order valence-corrected chi connectivity index (χ3v) is 4.15. The third kappa shape index (κ3) is 4.40. The lowest BCUT2D eigenvalue weighted by molar-refractivity contribution is 0.414. The van der Waals surface area contributed by atoms with E-state index in [2.05, 4.69) is 31.9 Å². The molecule has 1 aromatic heterocycles. The molecule has 134 valence electrons. The predicted molar refractivity (Wildman–Crippen MR) is 104 cm³/mol. The Morgan fingerprint density at radius 2 is 1.88 bits per heavy atom. The summed E-state index contributed by atoms with van der Waals surface area (Å²) in [4.78, 5) is 4.44. The molecule has 0 spiro atoms. The van der Waals surface area contributed by atoms with E-state index >= 15 is 0 Å². The van der Waals surface area contributed by atoms with Gasteiger partial charge in [-0.25, -0.2) is 0 Å². The van der Waals surface area contributed by atoms with E-state index in [4.69, 9.17) is 16.3 Å². The van der Waals surface area contributed by atoms with Crippen LogP contribution in [0.3, 0.4) is 0 Å². The van der Waals surface area contributed by atoms with Crippen LogP contribution in [0.4, 0.5) is 17.5 Å². The Morgan fingerprint density at radius 1 is 1.12 bits per heavy atom. The summed E-state index contributed by atoms with van der Waals surface area (Å²) in [6, 6.07) is 11.8. The molecule has 0 amide bonds. The zero-order valence-electron chi connectivity index (χ0n) is 14.9. The molecular weight excluding hydrogens is 350 g/mol. The lowest BCUT2D eigenvalue weighted by Gasteiger charge is -2.12. The minimum absolute atomic E-state index is 0.437. The number of halogens is 1. The molecule has 3 aromatic rings. The number of aryl methyl sites for hydroxylation is 2. The van der Waals surface area contributed by atoms with E-state index in [0.29, 0.717) is 23.3 Å². The fourth-order valence-corrected chi connectivity index (χ4v) is 2.93. The zero-order chi connectivity index (χ0) is 18.5. The number of benzene rings is 2. The second-order valence-electron chi connectivity index (χ2n) is 5.93. The van der Waals surface area contributed by atoms with Crippen LogP contribution in [0.25, 0.3) is 0 Å². The lowest BCUT2D eigenvalue weighted by atomic mass is 10.1. The Hall–Kier alpha value is -2.86. The number of nitrogens with one attached hydrogen (secondary N) is 2. The first kappa shape index (κ1) is 17.9. The molecule has 3 rings (SSSR count). The van der Waals surface area contributed by atoms with Gasteiger partial charge >= 0.3 is 0 Å². The van der Waals surface area contributed by atoms with Crippen LogP contribution in [0.2, 0.25) is 5.02 Å². The Kier molecular flexibility index (Phi) is 5.53. The average Bonchev–Trinajstić information content (AvgIpc) is 2.64. The number of methoxy groups -OCH3 is 1. The topological polar surface area (TPSA) is 72.0 Å². The average molecular weight is 370 g/mol. The highest BCUT2D eigenvalue weighted by Gasteiger charge is 2.08. The molecular formula is C19H20ClN5O. The number of hydrogen-bond donors (Lipinski definition) is 2. The van der Waals surface area contributed by atoms with Gasteiger partial charge < -0.3 is 15.4 Å². The van der Waals surface area contributed by atoms with Crippen LogP contribution in [0.1, 0.15) is 16.7 Å². The fraction of sp³-hybridized carbons (Fsp3) is 0.211. The minimum Gasteiger partial charge on any atom is -0.497 e. The number of anilines is 3. The van der Waals surface area contributed by atoms with Crippen molar-refractivity contribution in [1.82, 2.24) is 15.2 Å². The van der Waals surface area contributed by atoms with Gasteiger partial charge in [-0.3, -0.25) is 0 Å². The standard InChI is InChI=1S/C19H20ClN5O/c1-12-8-13(2)18(16(20)9-12)23-17-11-22-25-19(24-17)21-10-14-4-6-15(26-3)7-5-14/h4-9,11H,10H2,1-3H3,(H2,21,23,24,25). The smallest absolute Gasteiger partial charge is 0.244 e. The first-order valence-electron chi connectivity index (χ1n) is 8.15. The first-order valence-corrected chi connectivity index (χ1v) is 8.53. The van der Waals surface area contributed by atoms with Crippen molar-refractivity contribution in [1.29, 1.82) is 0 Å². The molecule has 2 aromatic carbocycles. The predicted octanol–water partition coefficient (Wildman–Crippen LogP) is 4.51. The minimum atomic E-state index is 0.437. The Morgan fingerprint density at radius 3 is 2.58 bits per heavy atom. The molecule has 2 N–H and O–H groups in total. The van der Waals surface area contributed by atoms with Crippen LogP contribution < -0.4 is 15.4 Å². The number of aromatic nitrogens is 3. The summed E-state index contributed by atoms with van der Waals surface area (Å²) in [5.74, 6) is 1.83. The molecule has 6 nitrogen and oxygen atoms in total. The highest BCUT2D eigenvalue weighted by atomic mass is 35.5. The molecule has 0 aliphatic heterocycles. The quantitative estimate of drug-likeness (QED) is 0.666. The molecule has 1 heterocycles. The van der Waals surface area contributed by atoms with Crippen molar-refractivity contribution < 1.29 is 4.74 Å². The summed E-state index contributed by atoms with van der Waals surface area (Å²) in [5, 5.41) is 15.0. The monoisotopic (exact) mass is 369 g/mol. The maximum atomic E-state index is 6.34. The summed E-state index contributed by atoms with van der Waals surface area (Å²) < 4.78 is 5.16. The van der Waals surface area contributed by atoms with Gasteiger partial charge in [-0.05, 0) is 48.7 Å². The summed E-state index contributed by atoms with van der Waals surface area (Å²) in [6.45, 7) is 4.59. The van der Waals surface area contributed by atoms with E-state index < -0.39 is 0 Å². The Labute approximate surface area is 157 Å². The van der Waals surface area contributed by atoms with Gasteiger partial charge in [-0.15, -0.1) is 5.10 Å². The highest BCUT2D eigenvalue weighted by molar-refractivity contribution is 6.33. The molecule has 0 radical (unpaired) electrons. The largest absolute Gasteiger partial charge is 0.497 e. The highest BCUT2D eigenvalue weighted by Crippen LogP contribution is 2.29. The Bertz CT molecular complexity index is 876. The number of nitrogens with zero attached hydrogens (tertiary/aromatic N) is 3. The van der Waals surface area contributed by atoms with E-state index in [9.17, 15) is 0 Å². The van der Waals surface area contributed by atoms with Gasteiger partial charge in [0.25, 0.3) is 0 Å². The van der Waals surface area contributed by atoms with E-state index in [1.165, 1.54) is 0 Å². The molecule has 0 fully saturated rings.